The number of anilines is 12. The SMILES string of the molecule is Cc1ccc(N(c2ccc(-c3ccccc3)cc2)c2ccc3ccccc3c2)cc1.Cc1ccc(N(c2ccc(-c3ccccc3)cc2)c2cccc3ccccc23)cc1.Cc1ccc(N(c2ccccc2)c2ccc3ccccc3c2)cc1.Cc1ccc(N(c2ccccc2)c2cccc3ccccc23)cc1. The summed E-state index contributed by atoms with van der Waals surface area (Å²) in [5.74, 6) is 0. The third kappa shape index (κ3) is 16.4. The minimum atomic E-state index is 1.15. The van der Waals surface area contributed by atoms with Crippen molar-refractivity contribution >= 4 is 111 Å². The monoisotopic (exact) mass is 1390 g/mol. The summed E-state index contributed by atoms with van der Waals surface area (Å²) in [5.41, 5.74) is 24.0. The van der Waals surface area contributed by atoms with Crippen LogP contribution in [0.15, 0.2) is 437 Å². The van der Waals surface area contributed by atoms with E-state index in [1.165, 1.54) is 116 Å². The van der Waals surface area contributed by atoms with Crippen LogP contribution in [0.25, 0.3) is 65.3 Å². The Hall–Kier alpha value is -13.8. The molecule has 520 valence electrons. The normalized spacial score (nSPS) is 10.8. The van der Waals surface area contributed by atoms with Gasteiger partial charge >= 0.3 is 0 Å². The Morgan fingerprint density at radius 2 is 0.361 bits per heavy atom. The zero-order chi connectivity index (χ0) is 73.4. The van der Waals surface area contributed by atoms with Gasteiger partial charge in [-0.2, -0.15) is 0 Å². The number of para-hydroxylation sites is 2. The topological polar surface area (TPSA) is 13.0 Å². The van der Waals surface area contributed by atoms with E-state index < -0.39 is 0 Å². The molecule has 108 heavy (non-hydrogen) atoms. The standard InChI is InChI=1S/2C29H23N.2C23H19N/c1-22-14-18-26(19-15-22)30(29-13-7-11-25-10-5-6-12-28(25)29)27-20-16-24(17-21-27)23-8-3-2-4-9-23;1-22-11-16-27(17-12-22)30(29-20-15-24-9-5-6-10-26(24)21-29)28-18-13-25(14-19-28)23-7-3-2-4-8-23;1-18-14-16-21(17-15-18)24(20-10-3-2-4-11-20)23-13-7-9-19-8-5-6-12-22(19)23;1-18-11-14-22(15-12-18)24(21-9-3-2-4-10-21)23-16-13-19-7-5-6-8-20(19)17-23/h2*2-21H,1H3;2*2-17H,1H3. The van der Waals surface area contributed by atoms with Crippen molar-refractivity contribution in [3.63, 3.8) is 0 Å². The smallest absolute Gasteiger partial charge is 0.0540 e. The average molecular weight is 1390 g/mol. The molecule has 18 aromatic carbocycles. The number of hydrogen-bond acceptors (Lipinski definition) is 4. The Kier molecular flexibility index (Phi) is 21.6. The van der Waals surface area contributed by atoms with Crippen LogP contribution in [0.3, 0.4) is 0 Å². The number of benzene rings is 18. The molecule has 0 aliphatic carbocycles. The van der Waals surface area contributed by atoms with Crippen molar-refractivity contribution in [1.29, 1.82) is 0 Å². The van der Waals surface area contributed by atoms with Gasteiger partial charge in [0.2, 0.25) is 0 Å². The van der Waals surface area contributed by atoms with Gasteiger partial charge in [0.05, 0.1) is 11.4 Å². The van der Waals surface area contributed by atoms with Crippen LogP contribution in [-0.2, 0) is 0 Å². The fraction of sp³-hybridized carbons (Fsp3) is 0.0385. The first-order valence-corrected chi connectivity index (χ1v) is 37.0. The van der Waals surface area contributed by atoms with E-state index in [0.29, 0.717) is 0 Å². The van der Waals surface area contributed by atoms with E-state index in [1.807, 2.05) is 0 Å². The Labute approximate surface area is 635 Å². The molecule has 0 aromatic heterocycles. The van der Waals surface area contributed by atoms with Crippen LogP contribution in [-0.4, -0.2) is 0 Å². The van der Waals surface area contributed by atoms with Crippen molar-refractivity contribution < 1.29 is 0 Å². The second-order valence-electron chi connectivity index (χ2n) is 27.2. The van der Waals surface area contributed by atoms with Gasteiger partial charge < -0.3 is 19.6 Å². The number of rotatable bonds is 14. The molecule has 0 aliphatic heterocycles. The Morgan fingerprint density at radius 1 is 0.139 bits per heavy atom. The first-order valence-electron chi connectivity index (χ1n) is 37.0. The van der Waals surface area contributed by atoms with Crippen LogP contribution in [0.4, 0.5) is 68.2 Å². The van der Waals surface area contributed by atoms with E-state index in [4.69, 9.17) is 0 Å². The molecule has 0 saturated heterocycles. The third-order valence-corrected chi connectivity index (χ3v) is 19.7. The summed E-state index contributed by atoms with van der Waals surface area (Å²) >= 11 is 0. The van der Waals surface area contributed by atoms with Crippen molar-refractivity contribution in [1.82, 2.24) is 0 Å². The highest BCUT2D eigenvalue weighted by atomic mass is 15.2. The van der Waals surface area contributed by atoms with Crippen molar-refractivity contribution in [3.05, 3.63) is 459 Å². The molecule has 0 amide bonds. The fourth-order valence-corrected chi connectivity index (χ4v) is 14.0. The minimum Gasteiger partial charge on any atom is -0.310 e. The highest BCUT2D eigenvalue weighted by Gasteiger charge is 2.19. The van der Waals surface area contributed by atoms with Gasteiger partial charge in [-0.25, -0.2) is 0 Å². The number of aryl methyl sites for hydroxylation is 4. The summed E-state index contributed by atoms with van der Waals surface area (Å²) in [5, 5.41) is 10.0. The molecule has 0 spiro atoms. The van der Waals surface area contributed by atoms with Crippen molar-refractivity contribution in [2.24, 2.45) is 0 Å². The molecule has 4 nitrogen and oxygen atoms in total. The van der Waals surface area contributed by atoms with E-state index in [2.05, 4.69) is 484 Å². The van der Waals surface area contributed by atoms with Crippen LogP contribution in [0.1, 0.15) is 22.3 Å². The molecule has 0 N–H and O–H groups in total. The summed E-state index contributed by atoms with van der Waals surface area (Å²) < 4.78 is 0. The highest BCUT2D eigenvalue weighted by Crippen LogP contribution is 2.43. The molecule has 0 saturated carbocycles. The summed E-state index contributed by atoms with van der Waals surface area (Å²) in [7, 11) is 0. The highest BCUT2D eigenvalue weighted by molar-refractivity contribution is 6.01. The average Bonchev–Trinajstić information content (AvgIpc) is 0.804. The molecule has 0 fully saturated rings. The molecule has 18 aromatic rings. The Morgan fingerprint density at radius 3 is 0.694 bits per heavy atom. The number of hydrogen-bond donors (Lipinski definition) is 0. The second kappa shape index (κ2) is 33.3. The molecule has 4 heteroatoms. The van der Waals surface area contributed by atoms with Crippen LogP contribution < -0.4 is 19.6 Å². The number of fused-ring (bicyclic) bond motifs is 4. The molecule has 0 radical (unpaired) electrons. The lowest BCUT2D eigenvalue weighted by atomic mass is 10.0. The zero-order valence-corrected chi connectivity index (χ0v) is 61.4. The van der Waals surface area contributed by atoms with Gasteiger partial charge in [0.1, 0.15) is 0 Å². The van der Waals surface area contributed by atoms with E-state index in [1.54, 1.807) is 0 Å². The molecule has 0 atom stereocenters. The van der Waals surface area contributed by atoms with Crippen LogP contribution in [0.2, 0.25) is 0 Å². The first-order chi connectivity index (χ1) is 53.2. The molecule has 0 unspecified atom stereocenters. The second-order valence-corrected chi connectivity index (χ2v) is 27.2. The van der Waals surface area contributed by atoms with E-state index in [-0.39, 0.29) is 0 Å². The Bertz CT molecular complexity index is 5910. The predicted molar refractivity (Wildman–Crippen MR) is 464 cm³/mol. The molecule has 0 bridgehead atoms. The fourth-order valence-electron chi connectivity index (χ4n) is 14.0. The Balaban J connectivity index is 0.000000115. The van der Waals surface area contributed by atoms with Gasteiger partial charge in [-0.05, 0) is 216 Å². The zero-order valence-electron chi connectivity index (χ0n) is 61.4. The maximum Gasteiger partial charge on any atom is 0.0540 e. The van der Waals surface area contributed by atoms with E-state index in [0.717, 1.165) is 39.8 Å². The summed E-state index contributed by atoms with van der Waals surface area (Å²) in [4.78, 5) is 9.28. The van der Waals surface area contributed by atoms with Crippen molar-refractivity contribution in [3.8, 4) is 22.3 Å². The first kappa shape index (κ1) is 69.9. The lowest BCUT2D eigenvalue weighted by Gasteiger charge is -2.27. The maximum absolute atomic E-state index is 2.34. The van der Waals surface area contributed by atoms with Gasteiger partial charge in [-0.3, -0.25) is 0 Å². The summed E-state index contributed by atoms with van der Waals surface area (Å²) in [6, 6.07) is 155. The third-order valence-electron chi connectivity index (χ3n) is 19.7. The molecular formula is C104H84N4. The van der Waals surface area contributed by atoms with Crippen LogP contribution in [0.5, 0.6) is 0 Å². The van der Waals surface area contributed by atoms with E-state index >= 15 is 0 Å². The van der Waals surface area contributed by atoms with Gasteiger partial charge in [0, 0.05) is 67.6 Å². The lowest BCUT2D eigenvalue weighted by molar-refractivity contribution is 1.28. The van der Waals surface area contributed by atoms with Crippen molar-refractivity contribution in [2.45, 2.75) is 27.7 Å². The molecule has 0 heterocycles. The summed E-state index contributed by atoms with van der Waals surface area (Å²) in [6.07, 6.45) is 0. The lowest BCUT2D eigenvalue weighted by Crippen LogP contribution is -2.10. The van der Waals surface area contributed by atoms with Gasteiger partial charge in [-0.1, -0.05) is 326 Å². The quantitative estimate of drug-likeness (QED) is 0.108. The molecular weight excluding hydrogens is 1310 g/mol. The van der Waals surface area contributed by atoms with Crippen LogP contribution in [0, 0.1) is 27.7 Å². The van der Waals surface area contributed by atoms with Crippen LogP contribution >= 0.6 is 0 Å². The van der Waals surface area contributed by atoms with E-state index in [9.17, 15) is 0 Å². The largest absolute Gasteiger partial charge is 0.310 e. The van der Waals surface area contributed by atoms with Gasteiger partial charge in [0.25, 0.3) is 0 Å². The minimum absolute atomic E-state index is 1.15. The van der Waals surface area contributed by atoms with Crippen molar-refractivity contribution in [2.75, 3.05) is 19.6 Å². The predicted octanol–water partition coefficient (Wildman–Crippen LogP) is 29.8. The summed E-state index contributed by atoms with van der Waals surface area (Å²) in [6.45, 7) is 8.49. The number of nitrogens with zero attached hydrogens (tertiary/aromatic N) is 4. The molecule has 0 aliphatic rings. The molecule has 18 rings (SSSR count). The van der Waals surface area contributed by atoms with Gasteiger partial charge in [0.15, 0.2) is 0 Å². The maximum atomic E-state index is 2.34. The van der Waals surface area contributed by atoms with Gasteiger partial charge in [-0.15, -0.1) is 0 Å².